The van der Waals surface area contributed by atoms with E-state index >= 15 is 0 Å². The van der Waals surface area contributed by atoms with E-state index in [-0.39, 0.29) is 4.90 Å². The lowest BCUT2D eigenvalue weighted by molar-refractivity contribution is -0.119. The van der Waals surface area contributed by atoms with E-state index in [0.717, 1.165) is 43.6 Å². The number of carbonyl (C=O) groups is 1. The van der Waals surface area contributed by atoms with Crippen LogP contribution in [-0.4, -0.2) is 31.7 Å². The Morgan fingerprint density at radius 1 is 0.900 bits per heavy atom. The highest BCUT2D eigenvalue weighted by Gasteiger charge is 2.28. The molecular formula is C30H30Cl2N4O3S. The Balaban J connectivity index is 1.58. The zero-order valence-electron chi connectivity index (χ0n) is 22.9. The van der Waals surface area contributed by atoms with Gasteiger partial charge in [-0.05, 0) is 88.2 Å². The summed E-state index contributed by atoms with van der Waals surface area (Å²) in [6, 6.07) is 19.4. The molecule has 0 bridgehead atoms. The van der Waals surface area contributed by atoms with Gasteiger partial charge in [-0.1, -0.05) is 53.0 Å². The molecule has 1 N–H and O–H groups in total. The third-order valence-corrected chi connectivity index (χ3v) is 9.07. The second kappa shape index (κ2) is 11.9. The molecule has 0 aliphatic heterocycles. The maximum absolute atomic E-state index is 13.7. The Labute approximate surface area is 245 Å². The van der Waals surface area contributed by atoms with E-state index in [2.05, 4.69) is 10.5 Å². The van der Waals surface area contributed by atoms with Crippen LogP contribution < -0.4 is 9.73 Å². The molecule has 0 fully saturated rings. The van der Waals surface area contributed by atoms with Crippen molar-refractivity contribution >= 4 is 51.0 Å². The van der Waals surface area contributed by atoms with E-state index in [1.165, 1.54) is 6.21 Å². The third kappa shape index (κ3) is 6.25. The van der Waals surface area contributed by atoms with Crippen LogP contribution in [0.4, 0.5) is 5.69 Å². The van der Waals surface area contributed by atoms with E-state index < -0.39 is 22.5 Å². The van der Waals surface area contributed by atoms with Crippen molar-refractivity contribution in [1.29, 1.82) is 0 Å². The van der Waals surface area contributed by atoms with Gasteiger partial charge >= 0.3 is 0 Å². The molecule has 0 atom stereocenters. The molecule has 10 heteroatoms. The molecule has 4 aromatic rings. The lowest BCUT2D eigenvalue weighted by Crippen LogP contribution is -2.40. The van der Waals surface area contributed by atoms with Crippen LogP contribution in [0.15, 0.2) is 76.7 Å². The fourth-order valence-corrected chi connectivity index (χ4v) is 6.17. The van der Waals surface area contributed by atoms with Gasteiger partial charge in [0.2, 0.25) is 0 Å². The summed E-state index contributed by atoms with van der Waals surface area (Å²) in [5.41, 5.74) is 8.91. The Hall–Kier alpha value is -3.59. The number of carbonyl (C=O) groups excluding carboxylic acids is 1. The largest absolute Gasteiger partial charge is 0.318 e. The average molecular weight is 598 g/mol. The van der Waals surface area contributed by atoms with Gasteiger partial charge in [-0.15, -0.1) is 0 Å². The lowest BCUT2D eigenvalue weighted by Gasteiger charge is -2.25. The Morgan fingerprint density at radius 2 is 1.57 bits per heavy atom. The summed E-state index contributed by atoms with van der Waals surface area (Å²) in [6.45, 7) is 9.00. The van der Waals surface area contributed by atoms with Crippen molar-refractivity contribution in [3.8, 4) is 5.69 Å². The zero-order valence-corrected chi connectivity index (χ0v) is 25.2. The average Bonchev–Trinajstić information content (AvgIpc) is 3.18. The first-order chi connectivity index (χ1) is 18.9. The first-order valence-corrected chi connectivity index (χ1v) is 14.7. The molecule has 0 spiro atoms. The Kier molecular flexibility index (Phi) is 8.73. The highest BCUT2D eigenvalue weighted by molar-refractivity contribution is 7.92. The number of nitrogens with zero attached hydrogens (tertiary/aromatic N) is 3. The van der Waals surface area contributed by atoms with Crippen LogP contribution in [0.25, 0.3) is 5.69 Å². The molecule has 1 aromatic heterocycles. The molecule has 0 unspecified atom stereocenters. The number of hydrogen-bond donors (Lipinski definition) is 1. The van der Waals surface area contributed by atoms with Crippen LogP contribution in [0.3, 0.4) is 0 Å². The van der Waals surface area contributed by atoms with Crippen molar-refractivity contribution in [1.82, 2.24) is 9.99 Å². The van der Waals surface area contributed by atoms with Gasteiger partial charge < -0.3 is 4.57 Å². The van der Waals surface area contributed by atoms with Crippen LogP contribution in [0.1, 0.15) is 33.6 Å². The Bertz CT molecular complexity index is 1710. The molecule has 40 heavy (non-hydrogen) atoms. The summed E-state index contributed by atoms with van der Waals surface area (Å²) in [5.74, 6) is -0.578. The molecule has 0 aliphatic rings. The van der Waals surface area contributed by atoms with Crippen LogP contribution in [0.5, 0.6) is 0 Å². The summed E-state index contributed by atoms with van der Waals surface area (Å²) in [4.78, 5) is 13.1. The van der Waals surface area contributed by atoms with Gasteiger partial charge in [-0.3, -0.25) is 9.10 Å². The first-order valence-electron chi connectivity index (χ1n) is 12.5. The highest BCUT2D eigenvalue weighted by Crippen LogP contribution is 2.29. The Morgan fingerprint density at radius 3 is 2.25 bits per heavy atom. The maximum atomic E-state index is 13.7. The number of aryl methyl sites for hydroxylation is 4. The molecule has 7 nitrogen and oxygen atoms in total. The quantitative estimate of drug-likeness (QED) is 0.182. The second-order valence-electron chi connectivity index (χ2n) is 9.67. The SMILES string of the molecule is Cc1ccc(S(=O)(=O)N(CC(=O)N/N=C\c2cc(C)n(-c3ccc(Cl)c(Cl)c3)c2C)c2cc(C)ccc2C)cc1. The van der Waals surface area contributed by atoms with Gasteiger partial charge in [0.15, 0.2) is 0 Å². The minimum atomic E-state index is -4.03. The van der Waals surface area contributed by atoms with Crippen molar-refractivity contribution in [3.05, 3.63) is 110 Å². The standard InChI is InChI=1S/C30H30Cl2N4O3S/c1-19-7-11-26(12-8-19)40(38,39)35(29-14-20(2)6-9-21(29)3)18-30(37)34-33-17-24-15-22(4)36(23(24)5)25-10-13-27(31)28(32)16-25/h6-17H,18H2,1-5H3,(H,34,37)/b33-17-. The van der Waals surface area contributed by atoms with Crippen LogP contribution >= 0.6 is 23.2 Å². The van der Waals surface area contributed by atoms with Crippen molar-refractivity contribution in [3.63, 3.8) is 0 Å². The lowest BCUT2D eigenvalue weighted by atomic mass is 10.1. The summed E-state index contributed by atoms with van der Waals surface area (Å²) >= 11 is 12.3. The van der Waals surface area contributed by atoms with Gasteiger partial charge in [-0.25, -0.2) is 13.8 Å². The van der Waals surface area contributed by atoms with Crippen molar-refractivity contribution in [2.24, 2.45) is 5.10 Å². The number of amides is 1. The second-order valence-corrected chi connectivity index (χ2v) is 12.3. The van der Waals surface area contributed by atoms with E-state index in [9.17, 15) is 13.2 Å². The fraction of sp³-hybridized carbons (Fsp3) is 0.200. The van der Waals surface area contributed by atoms with Crippen LogP contribution in [0, 0.1) is 34.6 Å². The van der Waals surface area contributed by atoms with E-state index in [1.54, 1.807) is 42.5 Å². The molecule has 1 heterocycles. The monoisotopic (exact) mass is 596 g/mol. The number of benzene rings is 3. The summed E-state index contributed by atoms with van der Waals surface area (Å²) in [6.07, 6.45) is 1.53. The third-order valence-electron chi connectivity index (χ3n) is 6.55. The highest BCUT2D eigenvalue weighted by atomic mass is 35.5. The number of aromatic nitrogens is 1. The van der Waals surface area contributed by atoms with Gasteiger partial charge in [0.25, 0.3) is 15.9 Å². The number of nitrogens with one attached hydrogen (secondary N) is 1. The van der Waals surface area contributed by atoms with E-state index in [4.69, 9.17) is 23.2 Å². The van der Waals surface area contributed by atoms with Gasteiger partial charge in [0.1, 0.15) is 6.54 Å². The normalized spacial score (nSPS) is 11.7. The first kappa shape index (κ1) is 29.4. The molecular weight excluding hydrogens is 567 g/mol. The summed E-state index contributed by atoms with van der Waals surface area (Å²) in [7, 11) is -4.03. The van der Waals surface area contributed by atoms with Crippen molar-refractivity contribution < 1.29 is 13.2 Å². The summed E-state index contributed by atoms with van der Waals surface area (Å²) in [5, 5.41) is 5.05. The van der Waals surface area contributed by atoms with Crippen LogP contribution in [0.2, 0.25) is 10.0 Å². The smallest absolute Gasteiger partial charge is 0.264 e. The predicted octanol–water partition coefficient (Wildman–Crippen LogP) is 6.67. The predicted molar refractivity (Wildman–Crippen MR) is 163 cm³/mol. The van der Waals surface area contributed by atoms with Crippen molar-refractivity contribution in [2.75, 3.05) is 10.8 Å². The van der Waals surface area contributed by atoms with Gasteiger partial charge in [0, 0.05) is 22.6 Å². The minimum absolute atomic E-state index is 0.102. The number of halogens is 2. The molecule has 0 aliphatic carbocycles. The number of anilines is 1. The van der Waals surface area contributed by atoms with Crippen molar-refractivity contribution in [2.45, 2.75) is 39.5 Å². The van der Waals surface area contributed by atoms with E-state index in [1.807, 2.05) is 63.5 Å². The molecule has 1 amide bonds. The zero-order chi connectivity index (χ0) is 29.2. The number of rotatable bonds is 8. The number of hydrazone groups is 1. The molecule has 208 valence electrons. The molecule has 0 saturated heterocycles. The summed E-state index contributed by atoms with van der Waals surface area (Å²) < 4.78 is 30.5. The maximum Gasteiger partial charge on any atom is 0.264 e. The van der Waals surface area contributed by atoms with Gasteiger partial charge in [0.05, 0.1) is 26.8 Å². The molecule has 3 aromatic carbocycles. The number of sulfonamides is 1. The fourth-order valence-electron chi connectivity index (χ4n) is 4.40. The minimum Gasteiger partial charge on any atom is -0.318 e. The molecule has 0 radical (unpaired) electrons. The molecule has 4 rings (SSSR count). The topological polar surface area (TPSA) is 83.8 Å². The van der Waals surface area contributed by atoms with Crippen LogP contribution in [-0.2, 0) is 14.8 Å². The number of hydrogen-bond acceptors (Lipinski definition) is 4. The molecule has 0 saturated carbocycles. The van der Waals surface area contributed by atoms with E-state index in [0.29, 0.717) is 15.7 Å². The van der Waals surface area contributed by atoms with Gasteiger partial charge in [-0.2, -0.15) is 5.10 Å².